The second-order valence-electron chi connectivity index (χ2n) is 12.9. The molecule has 2 fully saturated rings. The monoisotopic (exact) mass is 732 g/mol. The smallest absolute Gasteiger partial charge is 0.313 e. The van der Waals surface area contributed by atoms with Gasteiger partial charge in [0.15, 0.2) is 0 Å². The normalized spacial score (nSPS) is 31.1. The molecule has 0 radical (unpaired) electrons. The maximum Gasteiger partial charge on any atom is 0.313 e. The first-order chi connectivity index (χ1) is 23.7. The number of allylic oxidation sites excluding steroid dienone is 1. The van der Waals surface area contributed by atoms with Crippen LogP contribution in [0.5, 0.6) is 0 Å². The molecule has 2 saturated heterocycles. The van der Waals surface area contributed by atoms with E-state index in [9.17, 15) is 24.3 Å². The third kappa shape index (κ3) is 5.85. The molecule has 5 heterocycles. The number of halogens is 1. The third-order valence-electron chi connectivity index (χ3n) is 9.77. The number of likely N-dealkylation sites (tertiary alicyclic amines) is 1. The second kappa shape index (κ2) is 13.5. The molecule has 256 valence electrons. The molecule has 14 heteroatoms. The van der Waals surface area contributed by atoms with Gasteiger partial charge >= 0.3 is 5.97 Å². The summed E-state index contributed by atoms with van der Waals surface area (Å²) in [5, 5.41) is 21.3. The Morgan fingerprint density at radius 1 is 1.02 bits per heavy atom. The van der Waals surface area contributed by atoms with Crippen molar-refractivity contribution in [3.63, 3.8) is 0 Å². The summed E-state index contributed by atoms with van der Waals surface area (Å²) >= 11 is 3.58. The van der Waals surface area contributed by atoms with Gasteiger partial charge in [-0.05, 0) is 43.5 Å². The number of benzene rings is 2. The highest BCUT2D eigenvalue weighted by atomic mass is 79.9. The van der Waals surface area contributed by atoms with E-state index in [1.54, 1.807) is 22.6 Å². The van der Waals surface area contributed by atoms with Crippen molar-refractivity contribution in [2.24, 2.45) is 11.8 Å². The number of amides is 3. The molecule has 7 atom stereocenters. The van der Waals surface area contributed by atoms with Crippen LogP contribution in [0.25, 0.3) is 11.0 Å². The number of rotatable bonds is 6. The van der Waals surface area contributed by atoms with Gasteiger partial charge in [-0.1, -0.05) is 75.8 Å². The Morgan fingerprint density at radius 3 is 2.59 bits per heavy atom. The Morgan fingerprint density at radius 2 is 1.80 bits per heavy atom. The van der Waals surface area contributed by atoms with Gasteiger partial charge in [-0.25, -0.2) is 4.68 Å². The maximum absolute atomic E-state index is 14.9. The Labute approximate surface area is 291 Å². The lowest BCUT2D eigenvalue weighted by Gasteiger charge is -2.35. The molecule has 5 bridgehead atoms. The van der Waals surface area contributed by atoms with Crippen LogP contribution in [0.2, 0.25) is 0 Å². The van der Waals surface area contributed by atoms with E-state index in [2.05, 4.69) is 31.6 Å². The quantitative estimate of drug-likeness (QED) is 0.287. The van der Waals surface area contributed by atoms with Crippen molar-refractivity contribution in [3.8, 4) is 0 Å². The number of aromatic nitrogens is 3. The number of carbonyl (C=O) groups excluding carboxylic acids is 4. The maximum atomic E-state index is 14.9. The zero-order valence-electron chi connectivity index (χ0n) is 26.9. The number of aliphatic hydroxyl groups excluding tert-OH is 1. The van der Waals surface area contributed by atoms with Crippen LogP contribution in [-0.4, -0.2) is 97.1 Å². The molecule has 0 aliphatic carbocycles. The predicted octanol–water partition coefficient (Wildman–Crippen LogP) is 2.61. The summed E-state index contributed by atoms with van der Waals surface area (Å²) in [6.45, 7) is 1.81. The van der Waals surface area contributed by atoms with Gasteiger partial charge in [-0.15, -0.1) is 5.10 Å². The van der Waals surface area contributed by atoms with Gasteiger partial charge in [0.2, 0.25) is 11.8 Å². The highest BCUT2D eigenvalue weighted by molar-refractivity contribution is 9.11. The number of aliphatic hydroxyl groups is 1. The van der Waals surface area contributed by atoms with E-state index in [0.717, 1.165) is 5.52 Å². The van der Waals surface area contributed by atoms with Gasteiger partial charge in [0.1, 0.15) is 42.0 Å². The number of nitrogens with zero attached hydrogens (tertiary/aromatic N) is 5. The van der Waals surface area contributed by atoms with Crippen molar-refractivity contribution >= 4 is 50.7 Å². The molecule has 7 rings (SSSR count). The van der Waals surface area contributed by atoms with Crippen LogP contribution < -0.4 is 5.32 Å². The Bertz CT molecular complexity index is 1830. The lowest BCUT2D eigenvalue weighted by molar-refractivity contribution is -0.161. The summed E-state index contributed by atoms with van der Waals surface area (Å²) in [6.07, 6.45) is 4.51. The van der Waals surface area contributed by atoms with Gasteiger partial charge in [0.05, 0.1) is 17.5 Å². The second-order valence-corrected chi connectivity index (χ2v) is 13.8. The number of hydrogen-bond donors (Lipinski definition) is 2. The first kappa shape index (κ1) is 33.1. The SMILES string of the molecule is C[C@@H]1NC(=O)CC/C=C\CN(Cn2nnc3ccccc32)C(=O)[C@H]2N(CCCO)C(=O)[C@@H]3[C@@H](C(=O)O[C@H]1c1ccccc1)[C@@H]1O[C@@]32C=C1Br. The minimum atomic E-state index is -1.47. The van der Waals surface area contributed by atoms with E-state index in [1.807, 2.05) is 66.7 Å². The number of esters is 1. The number of para-hydroxylation sites is 1. The number of hydrogen-bond acceptors (Lipinski definition) is 9. The molecule has 1 spiro atoms. The van der Waals surface area contributed by atoms with E-state index < -0.39 is 59.5 Å². The predicted molar refractivity (Wildman–Crippen MR) is 179 cm³/mol. The summed E-state index contributed by atoms with van der Waals surface area (Å²) in [4.78, 5) is 59.7. The van der Waals surface area contributed by atoms with E-state index >= 15 is 0 Å². The molecule has 3 amide bonds. The van der Waals surface area contributed by atoms with Crippen molar-refractivity contribution in [2.75, 3.05) is 19.7 Å². The summed E-state index contributed by atoms with van der Waals surface area (Å²) in [5.41, 5.74) is 0.594. The molecule has 3 aromatic rings. The van der Waals surface area contributed by atoms with Gasteiger partial charge in [-0.3, -0.25) is 19.2 Å². The molecule has 0 saturated carbocycles. The molecule has 2 aromatic carbocycles. The fourth-order valence-corrected chi connectivity index (χ4v) is 8.30. The van der Waals surface area contributed by atoms with E-state index in [0.29, 0.717) is 22.0 Å². The van der Waals surface area contributed by atoms with Crippen LogP contribution in [0.15, 0.2) is 77.3 Å². The first-order valence-electron chi connectivity index (χ1n) is 16.5. The fourth-order valence-electron chi connectivity index (χ4n) is 7.56. The highest BCUT2D eigenvalue weighted by Gasteiger charge is 2.75. The minimum Gasteiger partial charge on any atom is -0.455 e. The van der Waals surface area contributed by atoms with Crippen LogP contribution in [-0.2, 0) is 35.3 Å². The van der Waals surface area contributed by atoms with E-state index in [1.165, 1.54) is 4.90 Å². The third-order valence-corrected chi connectivity index (χ3v) is 10.5. The van der Waals surface area contributed by atoms with Crippen molar-refractivity contribution in [1.29, 1.82) is 0 Å². The van der Waals surface area contributed by atoms with Gasteiger partial charge < -0.3 is 29.7 Å². The topological polar surface area (TPSA) is 156 Å². The number of ether oxygens (including phenoxy) is 2. The number of cyclic esters (lactones) is 1. The molecule has 2 N–H and O–H groups in total. The summed E-state index contributed by atoms with van der Waals surface area (Å²) < 4.78 is 15.0. The zero-order valence-corrected chi connectivity index (χ0v) is 28.4. The molecular formula is C35H37BrN6O7. The fraction of sp³-hybridized carbons (Fsp3) is 0.429. The van der Waals surface area contributed by atoms with Crippen molar-refractivity contribution in [2.45, 2.75) is 62.7 Å². The average Bonchev–Trinajstić information content (AvgIpc) is 3.82. The molecule has 13 nitrogen and oxygen atoms in total. The highest BCUT2D eigenvalue weighted by Crippen LogP contribution is 2.59. The average molecular weight is 734 g/mol. The van der Waals surface area contributed by atoms with Crippen LogP contribution in [0.4, 0.5) is 0 Å². The molecule has 4 aliphatic rings. The number of fused-ring (bicyclic) bond motifs is 3. The summed E-state index contributed by atoms with van der Waals surface area (Å²) in [5.74, 6) is -3.85. The first-order valence-corrected chi connectivity index (χ1v) is 17.3. The number of nitrogens with one attached hydrogen (secondary N) is 1. The minimum absolute atomic E-state index is 0.0134. The molecule has 0 unspecified atom stereocenters. The van der Waals surface area contributed by atoms with Crippen LogP contribution in [0.3, 0.4) is 0 Å². The largest absolute Gasteiger partial charge is 0.455 e. The molecule has 4 aliphatic heterocycles. The molecule has 1 aromatic heterocycles. The van der Waals surface area contributed by atoms with Gasteiger partial charge in [0, 0.05) is 30.6 Å². The van der Waals surface area contributed by atoms with E-state index in [-0.39, 0.29) is 45.1 Å². The lowest BCUT2D eigenvalue weighted by Crippen LogP contribution is -2.56. The van der Waals surface area contributed by atoms with Crippen molar-refractivity contribution in [1.82, 2.24) is 30.1 Å². The van der Waals surface area contributed by atoms with Crippen LogP contribution >= 0.6 is 15.9 Å². The standard InChI is InChI=1S/C35H37BrN6O7/c1-21-29(22-11-4-2-5-12-22)48-34(47)27-28-32(45)41(17-10-18-43)31(35(28)19-23(36)30(27)49-35)33(46)40(16-9-3-6-15-26(44)37-21)20-42-25-14-8-7-13-24(25)38-39-42/h2-5,7-9,11-14,19,21,27-31,43H,6,10,15-18,20H2,1H3,(H,37,44)/b9-3-/t21-,27+,28-,29+,30+,31+,35-/m0/s1. The van der Waals surface area contributed by atoms with Gasteiger partial charge in [-0.2, -0.15) is 0 Å². The van der Waals surface area contributed by atoms with Crippen LogP contribution in [0.1, 0.15) is 37.9 Å². The molecule has 49 heavy (non-hydrogen) atoms. The van der Waals surface area contributed by atoms with E-state index in [4.69, 9.17) is 9.47 Å². The summed E-state index contributed by atoms with van der Waals surface area (Å²) in [6, 6.07) is 14.8. The van der Waals surface area contributed by atoms with Crippen LogP contribution in [0, 0.1) is 11.8 Å². The Hall–Kier alpha value is -4.40. The van der Waals surface area contributed by atoms with Crippen molar-refractivity contribution < 1.29 is 33.8 Å². The Balaban J connectivity index is 1.31. The van der Waals surface area contributed by atoms with Gasteiger partial charge in [0.25, 0.3) is 5.91 Å². The number of carbonyl (C=O) groups is 4. The zero-order chi connectivity index (χ0) is 34.3. The van der Waals surface area contributed by atoms with Crippen molar-refractivity contribution in [3.05, 3.63) is 82.9 Å². The molecular weight excluding hydrogens is 696 g/mol. The lowest BCUT2D eigenvalue weighted by atomic mass is 9.74. The Kier molecular flexibility index (Phi) is 9.11. The summed E-state index contributed by atoms with van der Waals surface area (Å²) in [7, 11) is 0.